The van der Waals surface area contributed by atoms with E-state index in [4.69, 9.17) is 11.6 Å². The summed E-state index contributed by atoms with van der Waals surface area (Å²) in [6.45, 7) is 2.03. The molecular weight excluding hydrogens is 322 g/mol. The van der Waals surface area contributed by atoms with Gasteiger partial charge in [-0.25, -0.2) is 0 Å². The van der Waals surface area contributed by atoms with Crippen molar-refractivity contribution in [2.24, 2.45) is 0 Å². The van der Waals surface area contributed by atoms with Crippen molar-refractivity contribution in [1.82, 2.24) is 0 Å². The van der Waals surface area contributed by atoms with E-state index in [0.717, 1.165) is 35.4 Å². The highest BCUT2D eigenvalue weighted by molar-refractivity contribution is 9.08. The Bertz CT molecular complexity index is 597. The molecule has 2 aromatic rings. The Labute approximate surface area is 127 Å². The average molecular weight is 337 g/mol. The van der Waals surface area contributed by atoms with Crippen molar-refractivity contribution in [2.45, 2.75) is 18.3 Å². The smallest absolute Gasteiger partial charge is 0.0467 e. The van der Waals surface area contributed by atoms with Crippen molar-refractivity contribution in [3.8, 4) is 0 Å². The van der Waals surface area contributed by atoms with Crippen molar-refractivity contribution >= 4 is 33.2 Å². The third-order valence-electron chi connectivity index (χ3n) is 3.68. The number of hydrogen-bond acceptors (Lipinski definition) is 1. The fraction of sp³-hybridized carbons (Fsp3) is 0.250. The van der Waals surface area contributed by atoms with Gasteiger partial charge in [0.25, 0.3) is 0 Å². The van der Waals surface area contributed by atoms with E-state index in [1.165, 1.54) is 16.8 Å². The molecule has 1 nitrogen and oxygen atoms in total. The van der Waals surface area contributed by atoms with Gasteiger partial charge in [-0.05, 0) is 35.2 Å². The second kappa shape index (κ2) is 5.56. The first kappa shape index (κ1) is 13.0. The highest BCUT2D eigenvalue weighted by Gasteiger charge is 2.16. The third kappa shape index (κ3) is 2.65. The summed E-state index contributed by atoms with van der Waals surface area (Å²) in [7, 11) is 0. The van der Waals surface area contributed by atoms with E-state index in [2.05, 4.69) is 63.3 Å². The van der Waals surface area contributed by atoms with Crippen molar-refractivity contribution in [2.75, 3.05) is 11.4 Å². The highest BCUT2D eigenvalue weighted by atomic mass is 79.9. The second-order valence-electron chi connectivity index (χ2n) is 4.85. The van der Waals surface area contributed by atoms with Crippen molar-refractivity contribution in [3.63, 3.8) is 0 Å². The Balaban J connectivity index is 1.87. The minimum atomic E-state index is 0.801. The van der Waals surface area contributed by atoms with Crippen LogP contribution >= 0.6 is 27.5 Å². The van der Waals surface area contributed by atoms with E-state index >= 15 is 0 Å². The molecular formula is C16H15BrClN. The molecule has 1 heterocycles. The van der Waals surface area contributed by atoms with Crippen LogP contribution in [0.25, 0.3) is 0 Å². The fourth-order valence-electron chi connectivity index (χ4n) is 2.56. The molecule has 0 unspecified atom stereocenters. The average Bonchev–Trinajstić information content (AvgIpc) is 2.46. The van der Waals surface area contributed by atoms with E-state index in [1.54, 1.807) is 0 Å². The zero-order valence-electron chi connectivity index (χ0n) is 10.6. The first-order valence-electron chi connectivity index (χ1n) is 6.44. The molecule has 19 heavy (non-hydrogen) atoms. The van der Waals surface area contributed by atoms with Gasteiger partial charge in [-0.3, -0.25) is 0 Å². The number of fused-ring (bicyclic) bond motifs is 1. The van der Waals surface area contributed by atoms with Gasteiger partial charge in [0.15, 0.2) is 0 Å². The summed E-state index contributed by atoms with van der Waals surface area (Å²) in [5.41, 5.74) is 5.25. The lowest BCUT2D eigenvalue weighted by atomic mass is 9.99. The SMILES string of the molecule is Clc1cc(N2CCc3ccccc3C2)ccc1CBr. The standard InChI is InChI=1S/C16H15BrClN/c17-10-13-5-6-15(9-16(13)18)19-8-7-12-3-1-2-4-14(12)11-19/h1-6,9H,7-8,10-11H2. The van der Waals surface area contributed by atoms with Gasteiger partial charge in [0, 0.05) is 29.1 Å². The molecule has 1 aliphatic rings. The second-order valence-corrected chi connectivity index (χ2v) is 5.82. The predicted molar refractivity (Wildman–Crippen MR) is 85.3 cm³/mol. The molecule has 0 radical (unpaired) electrons. The molecule has 0 aromatic heterocycles. The van der Waals surface area contributed by atoms with Gasteiger partial charge < -0.3 is 4.90 Å². The molecule has 3 heteroatoms. The number of anilines is 1. The molecule has 0 spiro atoms. The molecule has 0 amide bonds. The summed E-state index contributed by atoms with van der Waals surface area (Å²) >= 11 is 9.74. The fourth-order valence-corrected chi connectivity index (χ4v) is 3.45. The summed E-state index contributed by atoms with van der Waals surface area (Å²) in [5.74, 6) is 0. The zero-order valence-corrected chi connectivity index (χ0v) is 12.9. The largest absolute Gasteiger partial charge is 0.367 e. The summed E-state index contributed by atoms with van der Waals surface area (Å²) in [5, 5.41) is 1.64. The van der Waals surface area contributed by atoms with Gasteiger partial charge in [-0.1, -0.05) is 57.9 Å². The minimum Gasteiger partial charge on any atom is -0.367 e. The zero-order chi connectivity index (χ0) is 13.2. The van der Waals surface area contributed by atoms with Crippen LogP contribution in [0.1, 0.15) is 16.7 Å². The van der Waals surface area contributed by atoms with Gasteiger partial charge in [-0.15, -0.1) is 0 Å². The maximum Gasteiger partial charge on any atom is 0.0467 e. The summed E-state index contributed by atoms with van der Waals surface area (Å²) in [6.07, 6.45) is 1.11. The van der Waals surface area contributed by atoms with Gasteiger partial charge in [0.05, 0.1) is 0 Å². The molecule has 0 atom stereocenters. The maximum absolute atomic E-state index is 6.29. The van der Waals surface area contributed by atoms with Crippen LogP contribution in [0.4, 0.5) is 5.69 Å². The van der Waals surface area contributed by atoms with E-state index in [-0.39, 0.29) is 0 Å². The van der Waals surface area contributed by atoms with Crippen LogP contribution in [0, 0.1) is 0 Å². The summed E-state index contributed by atoms with van der Waals surface area (Å²) in [4.78, 5) is 2.40. The monoisotopic (exact) mass is 335 g/mol. The van der Waals surface area contributed by atoms with E-state index in [0.29, 0.717) is 0 Å². The molecule has 0 saturated heterocycles. The molecule has 0 fully saturated rings. The highest BCUT2D eigenvalue weighted by Crippen LogP contribution is 2.29. The minimum absolute atomic E-state index is 0.801. The predicted octanol–water partition coefficient (Wildman–Crippen LogP) is 4.80. The van der Waals surface area contributed by atoms with Crippen LogP contribution in [0.3, 0.4) is 0 Å². The first-order valence-corrected chi connectivity index (χ1v) is 7.94. The van der Waals surface area contributed by atoms with Gasteiger partial charge in [0.1, 0.15) is 0 Å². The number of nitrogens with zero attached hydrogens (tertiary/aromatic N) is 1. The van der Waals surface area contributed by atoms with Crippen molar-refractivity contribution in [3.05, 3.63) is 64.2 Å². The third-order valence-corrected chi connectivity index (χ3v) is 4.63. The lowest BCUT2D eigenvalue weighted by Crippen LogP contribution is -2.30. The van der Waals surface area contributed by atoms with Gasteiger partial charge in [0.2, 0.25) is 0 Å². The Kier molecular flexibility index (Phi) is 3.81. The molecule has 0 N–H and O–H groups in total. The van der Waals surface area contributed by atoms with Crippen LogP contribution in [0.5, 0.6) is 0 Å². The molecule has 98 valence electrons. The van der Waals surface area contributed by atoms with Crippen LogP contribution in [-0.4, -0.2) is 6.54 Å². The molecule has 0 saturated carbocycles. The quantitative estimate of drug-likeness (QED) is 0.712. The normalized spacial score (nSPS) is 14.3. The van der Waals surface area contributed by atoms with E-state index < -0.39 is 0 Å². The number of rotatable bonds is 2. The summed E-state index contributed by atoms with van der Waals surface area (Å²) < 4.78 is 0. The Morgan fingerprint density at radius 3 is 2.63 bits per heavy atom. The van der Waals surface area contributed by atoms with E-state index in [9.17, 15) is 0 Å². The number of benzene rings is 2. The summed E-state index contributed by atoms with van der Waals surface area (Å²) in [6, 6.07) is 15.0. The maximum atomic E-state index is 6.29. The number of alkyl halides is 1. The molecule has 1 aliphatic heterocycles. The molecule has 0 aliphatic carbocycles. The van der Waals surface area contributed by atoms with Crippen LogP contribution in [0.15, 0.2) is 42.5 Å². The lowest BCUT2D eigenvalue weighted by Gasteiger charge is -2.31. The molecule has 2 aromatic carbocycles. The Hall–Kier alpha value is -0.990. The van der Waals surface area contributed by atoms with Crippen LogP contribution in [-0.2, 0) is 18.3 Å². The molecule has 0 bridgehead atoms. The topological polar surface area (TPSA) is 3.24 Å². The first-order chi connectivity index (χ1) is 9.28. The van der Waals surface area contributed by atoms with Crippen molar-refractivity contribution in [1.29, 1.82) is 0 Å². The van der Waals surface area contributed by atoms with Crippen LogP contribution < -0.4 is 4.90 Å². The van der Waals surface area contributed by atoms with Gasteiger partial charge >= 0.3 is 0 Å². The molecule has 3 rings (SSSR count). The number of halogens is 2. The Morgan fingerprint density at radius 1 is 1.11 bits per heavy atom. The number of hydrogen-bond donors (Lipinski definition) is 0. The van der Waals surface area contributed by atoms with Crippen LogP contribution in [0.2, 0.25) is 5.02 Å². The lowest BCUT2D eigenvalue weighted by molar-refractivity contribution is 0.732. The van der Waals surface area contributed by atoms with E-state index in [1.807, 2.05) is 0 Å². The Morgan fingerprint density at radius 2 is 1.89 bits per heavy atom. The van der Waals surface area contributed by atoms with Gasteiger partial charge in [-0.2, -0.15) is 0 Å². The van der Waals surface area contributed by atoms with Crippen molar-refractivity contribution < 1.29 is 0 Å².